The van der Waals surface area contributed by atoms with Crippen molar-refractivity contribution in [2.45, 2.75) is 78.6 Å². The summed E-state index contributed by atoms with van der Waals surface area (Å²) in [4.78, 5) is 35.7. The smallest absolute Gasteiger partial charge is 0.295 e. The molecule has 0 spiro atoms. The van der Waals surface area contributed by atoms with Crippen LogP contribution in [0.3, 0.4) is 0 Å². The number of hydrogen-bond donors (Lipinski definition) is 0. The van der Waals surface area contributed by atoms with Crippen LogP contribution >= 0.6 is 0 Å². The molecule has 0 saturated heterocycles. The van der Waals surface area contributed by atoms with Gasteiger partial charge in [-0.05, 0) is 112 Å². The van der Waals surface area contributed by atoms with Gasteiger partial charge in [-0.2, -0.15) is 83.4 Å². The molecule has 12 heteroatoms. The second kappa shape index (κ2) is 50.6. The maximum atomic E-state index is 5.65. The van der Waals surface area contributed by atoms with Crippen molar-refractivity contribution in [3.05, 3.63) is 448 Å². The fourth-order valence-electron chi connectivity index (χ4n) is 10.6. The fourth-order valence-corrected chi connectivity index (χ4v) is 10.6. The van der Waals surface area contributed by atoms with Crippen molar-refractivity contribution in [2.24, 2.45) is 0 Å². The standard InChI is InChI=1S/4C16H11N2.C16H23.C10H13.C8H7.C6H5.4Ni/c4*1-2-7-13(8-3-1)14-10-6-11-16(18-14)15-9-4-5-12-17-15;1-8-12-9-13(15(2,3)4)11-14(10-12)16(5,6)7;1-10(2,3)9-7-5-4-6-8-9;1-2-8-6-4-3-5-7-8;1-2-4-6-5-3-1;;;;/h4*1-7,9-12H;1,8-11H,2-7H3;5-8H,1-3H3;1-7H;1-5H;;;;/q8*-1;4*+2. The third kappa shape index (κ3) is 32.4. The molecule has 0 N–H and O–H groups in total. The van der Waals surface area contributed by atoms with Crippen molar-refractivity contribution >= 4 is 12.2 Å². The molecule has 0 unspecified atom stereocenters. The van der Waals surface area contributed by atoms with Gasteiger partial charge in [0.15, 0.2) is 0 Å². The Morgan fingerprint density at radius 2 is 0.474 bits per heavy atom. The molecular formula is C104H92N8Ni4. The van der Waals surface area contributed by atoms with Crippen molar-refractivity contribution in [2.75, 3.05) is 0 Å². The summed E-state index contributed by atoms with van der Waals surface area (Å²) in [5.41, 5.74) is 21.5. The topological polar surface area (TPSA) is 103 Å². The number of nitrogens with zero attached hydrogens (tertiary/aromatic N) is 8. The number of aromatic nitrogens is 8. The molecule has 116 heavy (non-hydrogen) atoms. The van der Waals surface area contributed by atoms with Gasteiger partial charge in [0.2, 0.25) is 0 Å². The zero-order valence-corrected chi connectivity index (χ0v) is 70.3. The summed E-state index contributed by atoms with van der Waals surface area (Å²) in [5.74, 6) is 0. The average Bonchev–Trinajstić information content (AvgIpc) is 0.811. The van der Waals surface area contributed by atoms with Crippen molar-refractivity contribution in [1.82, 2.24) is 39.9 Å². The third-order valence-electron chi connectivity index (χ3n) is 16.7. The molecule has 8 aromatic heterocycles. The second-order valence-electron chi connectivity index (χ2n) is 28.3. The Labute approximate surface area is 729 Å². The molecule has 0 saturated carbocycles. The van der Waals surface area contributed by atoms with Crippen LogP contribution in [-0.4, -0.2) is 39.9 Å². The predicted octanol–water partition coefficient (Wildman–Crippen LogP) is 25.6. The van der Waals surface area contributed by atoms with Crippen LogP contribution in [0.5, 0.6) is 0 Å². The molecule has 0 aliphatic rings. The van der Waals surface area contributed by atoms with Gasteiger partial charge in [-0.25, -0.2) is 12.2 Å². The first-order valence-electron chi connectivity index (χ1n) is 37.0. The summed E-state index contributed by atoms with van der Waals surface area (Å²) in [5, 5.41) is 0. The molecule has 16 rings (SSSR count). The molecule has 0 amide bonds. The third-order valence-corrected chi connectivity index (χ3v) is 16.7. The van der Waals surface area contributed by atoms with E-state index in [0.29, 0.717) is 0 Å². The maximum absolute atomic E-state index is 5.65. The van der Waals surface area contributed by atoms with Crippen molar-refractivity contribution in [3.8, 4) is 90.6 Å². The van der Waals surface area contributed by atoms with Crippen molar-refractivity contribution in [3.63, 3.8) is 0 Å². The minimum absolute atomic E-state index is 0. The average molecular weight is 1690 g/mol. The molecule has 0 fully saturated rings. The maximum Gasteiger partial charge on any atom is 2.00 e. The molecule has 588 valence electrons. The van der Waals surface area contributed by atoms with E-state index in [9.17, 15) is 0 Å². The van der Waals surface area contributed by atoms with E-state index in [4.69, 9.17) is 13.2 Å². The van der Waals surface area contributed by atoms with Gasteiger partial charge in [0.1, 0.15) is 0 Å². The summed E-state index contributed by atoms with van der Waals surface area (Å²) in [6.07, 6.45) is 10.4. The van der Waals surface area contributed by atoms with E-state index in [1.165, 1.54) is 16.7 Å². The fraction of sp³-hybridized carbons (Fsp3) is 0.115. The van der Waals surface area contributed by atoms with Gasteiger partial charge < -0.3 is 0 Å². The molecule has 8 heterocycles. The van der Waals surface area contributed by atoms with Crippen LogP contribution in [0.25, 0.3) is 103 Å². The molecular weight excluding hydrogens is 1600 g/mol. The Hall–Kier alpha value is -11.6. The zero-order valence-electron chi connectivity index (χ0n) is 66.4. The first-order chi connectivity index (χ1) is 54.4. The first-order valence-corrected chi connectivity index (χ1v) is 37.0. The Morgan fingerprint density at radius 3 is 0.690 bits per heavy atom. The van der Waals surface area contributed by atoms with Crippen LogP contribution in [-0.2, 0) is 82.2 Å². The number of benzene rings is 8. The first kappa shape index (κ1) is 95.0. The Bertz CT molecular complexity index is 4590. The van der Waals surface area contributed by atoms with Crippen LogP contribution in [0.4, 0.5) is 0 Å². The van der Waals surface area contributed by atoms with E-state index < -0.39 is 0 Å². The van der Waals surface area contributed by atoms with Gasteiger partial charge in [-0.1, -0.05) is 171 Å². The number of pyridine rings is 8. The van der Waals surface area contributed by atoms with Gasteiger partial charge in [-0.15, -0.1) is 168 Å². The molecule has 0 atom stereocenters. The zero-order chi connectivity index (χ0) is 79.1. The summed E-state index contributed by atoms with van der Waals surface area (Å²) in [7, 11) is 0. The second-order valence-corrected chi connectivity index (χ2v) is 28.3. The minimum Gasteiger partial charge on any atom is -0.295 e. The van der Waals surface area contributed by atoms with E-state index in [1.807, 2.05) is 315 Å². The molecule has 0 radical (unpaired) electrons. The monoisotopic (exact) mass is 1680 g/mol. The van der Waals surface area contributed by atoms with Crippen LogP contribution in [0.1, 0.15) is 90.1 Å². The van der Waals surface area contributed by atoms with Crippen LogP contribution in [0.15, 0.2) is 371 Å². The van der Waals surface area contributed by atoms with Gasteiger partial charge in [0.25, 0.3) is 0 Å². The Kier molecular flexibility index (Phi) is 41.4. The normalized spacial score (nSPS) is 10.1. The summed E-state index contributed by atoms with van der Waals surface area (Å²) in [6, 6.07) is 131. The molecule has 8 nitrogen and oxygen atoms in total. The van der Waals surface area contributed by atoms with Crippen LogP contribution in [0.2, 0.25) is 0 Å². The number of rotatable bonds is 10. The van der Waals surface area contributed by atoms with E-state index >= 15 is 0 Å². The van der Waals surface area contributed by atoms with Crippen molar-refractivity contribution in [1.29, 1.82) is 0 Å². The van der Waals surface area contributed by atoms with E-state index in [1.54, 1.807) is 36.9 Å². The van der Waals surface area contributed by atoms with Crippen LogP contribution in [0, 0.1) is 49.6 Å². The SMILES string of the molecule is CC(C)(C)c1cc[c-]cc1.[CH-]=Cc1cc(C(C)(C)C)cc(C(C)(C)C)c1.[CH-]=Cc1ccccc1.[Ni+2].[Ni+2].[Ni+2].[Ni+2].[c-]1ccccc1.[c-]1ccccc1-c1cccc(-c2ccccn2)n1.[c-]1ccccc1-c1cccc(-c2ccccn2)n1.[c-]1ccccc1-c1cccc(-c2ccccn2)n1.[c-]1ccccc1-c1cccc(-c2ccccn2)n1. The summed E-state index contributed by atoms with van der Waals surface area (Å²) in [6.45, 7) is 30.9. The van der Waals surface area contributed by atoms with Crippen LogP contribution < -0.4 is 0 Å². The molecule has 16 aromatic rings. The minimum atomic E-state index is 0. The predicted molar refractivity (Wildman–Crippen MR) is 464 cm³/mol. The van der Waals surface area contributed by atoms with Gasteiger partial charge >= 0.3 is 66.0 Å². The van der Waals surface area contributed by atoms with E-state index in [-0.39, 0.29) is 82.2 Å². The molecule has 0 aliphatic carbocycles. The molecule has 8 aromatic carbocycles. The Balaban J connectivity index is 0.000000240. The summed E-state index contributed by atoms with van der Waals surface area (Å²) < 4.78 is 0. The Morgan fingerprint density at radius 1 is 0.224 bits per heavy atom. The number of hydrogen-bond acceptors (Lipinski definition) is 8. The van der Waals surface area contributed by atoms with Gasteiger partial charge in [0.05, 0.1) is 45.6 Å². The van der Waals surface area contributed by atoms with Crippen molar-refractivity contribution < 1.29 is 66.0 Å². The van der Waals surface area contributed by atoms with Gasteiger partial charge in [-0.3, -0.25) is 53.0 Å². The molecule has 0 aliphatic heterocycles. The van der Waals surface area contributed by atoms with Gasteiger partial charge in [0, 0.05) is 24.8 Å². The van der Waals surface area contributed by atoms with E-state index in [2.05, 4.69) is 169 Å². The summed E-state index contributed by atoms with van der Waals surface area (Å²) >= 11 is 0. The quantitative estimate of drug-likeness (QED) is 0.0985. The largest absolute Gasteiger partial charge is 2.00 e. The van der Waals surface area contributed by atoms with E-state index in [0.717, 1.165) is 102 Å². The molecule has 0 bridgehead atoms.